The van der Waals surface area contributed by atoms with E-state index < -0.39 is 39.2 Å². The maximum absolute atomic E-state index is 14.2. The summed E-state index contributed by atoms with van der Waals surface area (Å²) in [5, 5.41) is 2.93. The van der Waals surface area contributed by atoms with Crippen LogP contribution in [0.25, 0.3) is 44.6 Å². The Bertz CT molecular complexity index is 2410. The number of sulfonamides is 1. The number of nitrogens with one attached hydrogen (secondary N) is 1. The van der Waals surface area contributed by atoms with Crippen LogP contribution in [0.2, 0.25) is 0 Å². The number of methoxy groups -OCH3 is 1. The second-order valence-electron chi connectivity index (χ2n) is 11.4. The van der Waals surface area contributed by atoms with Crippen LogP contribution in [0.15, 0.2) is 82.0 Å². The SMILES string of the molecule is CNC(=O)c1c(-c2ccc(F)cc2)oc2cc(N(C)S(C)(=O)=O)c(-c3ccc4nc(C)n(C(COC)c5ccc(F)cc5)c(=O)c4n3)cc12. The fourth-order valence-corrected chi connectivity index (χ4v) is 6.31. The van der Waals surface area contributed by atoms with Crippen LogP contribution in [-0.4, -0.2) is 62.9 Å². The van der Waals surface area contributed by atoms with Crippen molar-refractivity contribution in [3.05, 3.63) is 112 Å². The van der Waals surface area contributed by atoms with E-state index in [2.05, 4.69) is 10.3 Å². The molecule has 11 nitrogen and oxygen atoms in total. The van der Waals surface area contributed by atoms with Gasteiger partial charge in [0.1, 0.15) is 28.8 Å². The molecule has 1 atom stereocenters. The minimum absolute atomic E-state index is 0.00918. The summed E-state index contributed by atoms with van der Waals surface area (Å²) in [4.78, 5) is 36.8. The molecular weight excluding hydrogens is 656 g/mol. The van der Waals surface area contributed by atoms with E-state index >= 15 is 0 Å². The summed E-state index contributed by atoms with van der Waals surface area (Å²) in [6.07, 6.45) is 1.04. The zero-order chi connectivity index (χ0) is 35.2. The fraction of sp³-hybridized carbons (Fsp3) is 0.200. The van der Waals surface area contributed by atoms with Crippen molar-refractivity contribution in [1.82, 2.24) is 19.9 Å². The number of aryl methyl sites for hydroxylation is 1. The molecule has 0 bridgehead atoms. The molecule has 252 valence electrons. The van der Waals surface area contributed by atoms with E-state index in [4.69, 9.17) is 14.1 Å². The van der Waals surface area contributed by atoms with Crippen molar-refractivity contribution in [1.29, 1.82) is 0 Å². The molecule has 0 saturated carbocycles. The predicted molar refractivity (Wildman–Crippen MR) is 182 cm³/mol. The minimum Gasteiger partial charge on any atom is -0.455 e. The van der Waals surface area contributed by atoms with Crippen molar-refractivity contribution in [3.8, 4) is 22.6 Å². The molecule has 0 radical (unpaired) electrons. The number of pyridine rings is 1. The average molecular weight is 688 g/mol. The van der Waals surface area contributed by atoms with E-state index in [1.54, 1.807) is 37.3 Å². The summed E-state index contributed by atoms with van der Waals surface area (Å²) in [6, 6.07) is 16.7. The first-order chi connectivity index (χ1) is 23.3. The van der Waals surface area contributed by atoms with Gasteiger partial charge in [-0.3, -0.25) is 18.5 Å². The van der Waals surface area contributed by atoms with E-state index in [0.29, 0.717) is 27.9 Å². The third kappa shape index (κ3) is 6.16. The molecular formula is C35H31F2N5O6S. The van der Waals surface area contributed by atoms with Gasteiger partial charge in [-0.25, -0.2) is 27.2 Å². The highest BCUT2D eigenvalue weighted by molar-refractivity contribution is 7.92. The fourth-order valence-electron chi connectivity index (χ4n) is 5.80. The Labute approximate surface area is 279 Å². The molecule has 0 aliphatic carbocycles. The van der Waals surface area contributed by atoms with Gasteiger partial charge in [-0.2, -0.15) is 0 Å². The molecule has 0 aliphatic rings. The number of ether oxygens (including phenoxy) is 1. The number of fused-ring (bicyclic) bond motifs is 2. The quantitative estimate of drug-likeness (QED) is 0.212. The molecule has 0 saturated heterocycles. The summed E-state index contributed by atoms with van der Waals surface area (Å²) in [5.74, 6) is -0.871. The van der Waals surface area contributed by atoms with Gasteiger partial charge in [0.25, 0.3) is 11.5 Å². The molecule has 0 fully saturated rings. The van der Waals surface area contributed by atoms with Crippen LogP contribution >= 0.6 is 0 Å². The number of nitrogens with zero attached hydrogens (tertiary/aromatic N) is 4. The Balaban J connectivity index is 1.62. The van der Waals surface area contributed by atoms with Crippen molar-refractivity contribution in [2.24, 2.45) is 0 Å². The number of halogens is 2. The lowest BCUT2D eigenvalue weighted by molar-refractivity contribution is 0.0964. The Kier molecular flexibility index (Phi) is 8.77. The molecule has 3 heterocycles. The molecule has 1 amide bonds. The van der Waals surface area contributed by atoms with Gasteiger partial charge in [0.2, 0.25) is 10.0 Å². The highest BCUT2D eigenvalue weighted by Crippen LogP contribution is 2.41. The van der Waals surface area contributed by atoms with Gasteiger partial charge in [0.15, 0.2) is 5.52 Å². The molecule has 0 spiro atoms. The summed E-state index contributed by atoms with van der Waals surface area (Å²) in [6.45, 7) is 1.75. The molecule has 49 heavy (non-hydrogen) atoms. The lowest BCUT2D eigenvalue weighted by atomic mass is 10.0. The number of hydrogen-bond acceptors (Lipinski definition) is 8. The first-order valence-corrected chi connectivity index (χ1v) is 16.8. The molecule has 3 aromatic heterocycles. The Morgan fingerprint density at radius 3 is 2.29 bits per heavy atom. The monoisotopic (exact) mass is 687 g/mol. The van der Waals surface area contributed by atoms with Crippen LogP contribution in [0.1, 0.15) is 27.8 Å². The van der Waals surface area contributed by atoms with Gasteiger partial charge in [0.05, 0.1) is 41.4 Å². The van der Waals surface area contributed by atoms with Gasteiger partial charge in [-0.05, 0) is 67.1 Å². The summed E-state index contributed by atoms with van der Waals surface area (Å²) in [7, 11) is 0.478. The van der Waals surface area contributed by atoms with Crippen LogP contribution in [-0.2, 0) is 14.8 Å². The molecule has 14 heteroatoms. The number of amides is 1. The Morgan fingerprint density at radius 2 is 1.67 bits per heavy atom. The second kappa shape index (κ2) is 12.9. The number of anilines is 1. The Hall–Kier alpha value is -5.47. The van der Waals surface area contributed by atoms with Crippen molar-refractivity contribution >= 4 is 43.6 Å². The predicted octanol–water partition coefficient (Wildman–Crippen LogP) is 5.45. The van der Waals surface area contributed by atoms with Crippen molar-refractivity contribution < 1.29 is 31.1 Å². The van der Waals surface area contributed by atoms with Gasteiger partial charge in [-0.15, -0.1) is 0 Å². The summed E-state index contributed by atoms with van der Waals surface area (Å²) < 4.78 is 67.3. The number of aromatic nitrogens is 3. The van der Waals surface area contributed by atoms with E-state index in [-0.39, 0.29) is 46.0 Å². The third-order valence-corrected chi connectivity index (χ3v) is 9.49. The Morgan fingerprint density at radius 1 is 1.02 bits per heavy atom. The molecule has 6 rings (SSSR count). The lowest BCUT2D eigenvalue weighted by Gasteiger charge is -2.22. The molecule has 1 unspecified atom stereocenters. The normalized spacial score (nSPS) is 12.4. The minimum atomic E-state index is -3.83. The highest BCUT2D eigenvalue weighted by atomic mass is 32.2. The number of hydrogen-bond donors (Lipinski definition) is 1. The molecule has 0 aliphatic heterocycles. The third-order valence-electron chi connectivity index (χ3n) is 8.30. The van der Waals surface area contributed by atoms with Crippen LogP contribution < -0.4 is 15.2 Å². The first-order valence-electron chi connectivity index (χ1n) is 15.0. The topological polar surface area (TPSA) is 137 Å². The highest BCUT2D eigenvalue weighted by Gasteiger charge is 2.27. The van der Waals surface area contributed by atoms with Gasteiger partial charge in [0, 0.05) is 43.8 Å². The van der Waals surface area contributed by atoms with Gasteiger partial charge >= 0.3 is 0 Å². The zero-order valence-corrected chi connectivity index (χ0v) is 27.9. The van der Waals surface area contributed by atoms with Crippen LogP contribution in [0.5, 0.6) is 0 Å². The van der Waals surface area contributed by atoms with Crippen LogP contribution in [0.4, 0.5) is 14.5 Å². The van der Waals surface area contributed by atoms with E-state index in [1.165, 1.54) is 68.2 Å². The number of carbonyl (C=O) groups excluding carboxylic acids is 1. The van der Waals surface area contributed by atoms with E-state index in [1.807, 2.05) is 0 Å². The number of carbonyl (C=O) groups is 1. The maximum Gasteiger partial charge on any atom is 0.280 e. The summed E-state index contributed by atoms with van der Waals surface area (Å²) in [5.41, 5.74) is 1.81. The number of furan rings is 1. The van der Waals surface area contributed by atoms with Gasteiger partial charge < -0.3 is 14.5 Å². The lowest BCUT2D eigenvalue weighted by Crippen LogP contribution is -2.31. The van der Waals surface area contributed by atoms with E-state index in [0.717, 1.165) is 10.6 Å². The molecule has 6 aromatic rings. The first kappa shape index (κ1) is 33.4. The van der Waals surface area contributed by atoms with Crippen molar-refractivity contribution in [2.45, 2.75) is 13.0 Å². The smallest absolute Gasteiger partial charge is 0.280 e. The van der Waals surface area contributed by atoms with Gasteiger partial charge in [-0.1, -0.05) is 12.1 Å². The van der Waals surface area contributed by atoms with Crippen LogP contribution in [0, 0.1) is 18.6 Å². The van der Waals surface area contributed by atoms with Crippen molar-refractivity contribution in [3.63, 3.8) is 0 Å². The second-order valence-corrected chi connectivity index (χ2v) is 13.4. The number of benzene rings is 3. The van der Waals surface area contributed by atoms with Crippen LogP contribution in [0.3, 0.4) is 0 Å². The van der Waals surface area contributed by atoms with Crippen molar-refractivity contribution in [2.75, 3.05) is 38.4 Å². The average Bonchev–Trinajstić information content (AvgIpc) is 3.45. The summed E-state index contributed by atoms with van der Waals surface area (Å²) >= 11 is 0. The zero-order valence-electron chi connectivity index (χ0n) is 27.1. The standard InChI is InChI=1S/C35H31F2N5O6S/c1-19-39-27-15-14-26(40-32(27)35(44)42(19)29(18-47-4)20-6-10-22(36)11-7-20)24-16-25-30(17-28(24)41(3)49(5,45)46)48-33(31(25)34(43)38-2)21-8-12-23(37)13-9-21/h6-17,29H,18H2,1-5H3,(H,38,43). The largest absolute Gasteiger partial charge is 0.455 e. The molecule has 3 aromatic carbocycles. The maximum atomic E-state index is 14.2. The van der Waals surface area contributed by atoms with E-state index in [9.17, 15) is 26.8 Å². The molecule has 1 N–H and O–H groups in total. The number of rotatable bonds is 9.